The zero-order valence-electron chi connectivity index (χ0n) is 21.7. The van der Waals surface area contributed by atoms with Gasteiger partial charge < -0.3 is 34.7 Å². The number of aromatic amines is 1. The molecule has 4 N–H and O–H groups in total. The highest BCUT2D eigenvalue weighted by molar-refractivity contribution is 5.96. The maximum absolute atomic E-state index is 13.4. The number of para-hydroxylation sites is 1. The second-order valence-electron chi connectivity index (χ2n) is 8.76. The van der Waals surface area contributed by atoms with Crippen molar-refractivity contribution >= 4 is 22.9 Å². The van der Waals surface area contributed by atoms with Gasteiger partial charge in [-0.25, -0.2) is 0 Å². The van der Waals surface area contributed by atoms with E-state index in [-0.39, 0.29) is 19.1 Å². The first-order valence-corrected chi connectivity index (χ1v) is 12.2. The van der Waals surface area contributed by atoms with Gasteiger partial charge >= 0.3 is 0 Å². The molecule has 38 heavy (non-hydrogen) atoms. The number of benzene rings is 3. The quantitative estimate of drug-likeness (QED) is 0.238. The zero-order chi connectivity index (χ0) is 27.1. The molecule has 0 aliphatic rings. The minimum atomic E-state index is -0.483. The topological polar surface area (TPSA) is 113 Å². The Morgan fingerprint density at radius 1 is 0.974 bits per heavy atom. The predicted molar refractivity (Wildman–Crippen MR) is 148 cm³/mol. The predicted octanol–water partition coefficient (Wildman–Crippen LogP) is 4.20. The Balaban J connectivity index is 1.67. The van der Waals surface area contributed by atoms with E-state index in [2.05, 4.69) is 10.3 Å². The standard InChI is InChI=1S/C30H32N2O6/c1-36-27-15-21(16-28(37-2)29(27)38-3)20-11-19(7-6-10-33)12-22(13-20)30(35)32-24(18-34)14-23-17-31-26-9-5-4-8-25(23)26/h4-9,11-13,15-17,24,31,33-34H,10,14,18H2,1-3H3,(H,32,35)/b7-6-/t24-/m1/s1. The maximum Gasteiger partial charge on any atom is 0.251 e. The third-order valence-corrected chi connectivity index (χ3v) is 6.33. The first kappa shape index (κ1) is 26.8. The van der Waals surface area contributed by atoms with E-state index >= 15 is 0 Å². The van der Waals surface area contributed by atoms with Crippen LogP contribution in [0.2, 0.25) is 0 Å². The minimum absolute atomic E-state index is 0.132. The van der Waals surface area contributed by atoms with Crippen molar-refractivity contribution in [2.24, 2.45) is 0 Å². The molecule has 0 radical (unpaired) electrons. The molecule has 0 unspecified atom stereocenters. The molecule has 4 aromatic rings. The molecule has 4 rings (SSSR count). The molecular formula is C30H32N2O6. The molecule has 0 fully saturated rings. The number of hydrogen-bond acceptors (Lipinski definition) is 6. The Morgan fingerprint density at radius 2 is 1.68 bits per heavy atom. The van der Waals surface area contributed by atoms with E-state index in [4.69, 9.17) is 14.2 Å². The summed E-state index contributed by atoms with van der Waals surface area (Å²) in [7, 11) is 4.63. The van der Waals surface area contributed by atoms with Crippen molar-refractivity contribution in [2.45, 2.75) is 12.5 Å². The molecule has 1 heterocycles. The first-order valence-electron chi connectivity index (χ1n) is 12.2. The summed E-state index contributed by atoms with van der Waals surface area (Å²) in [5.41, 5.74) is 4.65. The Kier molecular flexibility index (Phi) is 8.68. The number of nitrogens with one attached hydrogen (secondary N) is 2. The van der Waals surface area contributed by atoms with E-state index in [1.54, 1.807) is 38.5 Å². The second kappa shape index (κ2) is 12.3. The molecular weight excluding hydrogens is 484 g/mol. The second-order valence-corrected chi connectivity index (χ2v) is 8.76. The molecule has 1 atom stereocenters. The smallest absolute Gasteiger partial charge is 0.251 e. The molecule has 3 aromatic carbocycles. The summed E-state index contributed by atoms with van der Waals surface area (Å²) in [6, 6.07) is 16.5. The fourth-order valence-electron chi connectivity index (χ4n) is 4.48. The molecule has 8 heteroatoms. The molecule has 198 valence electrons. The van der Waals surface area contributed by atoms with Gasteiger partial charge in [-0.2, -0.15) is 0 Å². The van der Waals surface area contributed by atoms with Gasteiger partial charge in [0.2, 0.25) is 5.75 Å². The number of ether oxygens (including phenoxy) is 3. The number of fused-ring (bicyclic) bond motifs is 1. The number of aliphatic hydroxyl groups excluding tert-OH is 2. The lowest BCUT2D eigenvalue weighted by atomic mass is 9.98. The van der Waals surface area contributed by atoms with Crippen LogP contribution in [0.25, 0.3) is 28.1 Å². The van der Waals surface area contributed by atoms with E-state index in [9.17, 15) is 15.0 Å². The van der Waals surface area contributed by atoms with Crippen molar-refractivity contribution in [3.63, 3.8) is 0 Å². The largest absolute Gasteiger partial charge is 0.493 e. The number of methoxy groups -OCH3 is 3. The average Bonchev–Trinajstić information content (AvgIpc) is 3.37. The van der Waals surface area contributed by atoms with Crippen LogP contribution < -0.4 is 19.5 Å². The van der Waals surface area contributed by atoms with Crippen LogP contribution in [0.5, 0.6) is 17.2 Å². The number of H-pyrrole nitrogens is 1. The summed E-state index contributed by atoms with van der Waals surface area (Å²) in [4.78, 5) is 16.6. The van der Waals surface area contributed by atoms with Crippen molar-refractivity contribution in [2.75, 3.05) is 34.5 Å². The monoisotopic (exact) mass is 516 g/mol. The Labute approximate surface area is 221 Å². The average molecular weight is 517 g/mol. The lowest BCUT2D eigenvalue weighted by Gasteiger charge is -2.18. The highest BCUT2D eigenvalue weighted by atomic mass is 16.5. The van der Waals surface area contributed by atoms with Gasteiger partial charge in [0.25, 0.3) is 5.91 Å². The molecule has 0 bridgehead atoms. The number of hydrogen-bond donors (Lipinski definition) is 4. The molecule has 1 aromatic heterocycles. The van der Waals surface area contributed by atoms with Crippen LogP contribution in [0.1, 0.15) is 21.5 Å². The van der Waals surface area contributed by atoms with E-state index in [1.165, 1.54) is 7.11 Å². The van der Waals surface area contributed by atoms with Gasteiger partial charge in [-0.3, -0.25) is 4.79 Å². The van der Waals surface area contributed by atoms with Crippen LogP contribution in [0, 0.1) is 0 Å². The van der Waals surface area contributed by atoms with Crippen molar-refractivity contribution in [3.05, 3.63) is 83.6 Å². The number of rotatable bonds is 11. The van der Waals surface area contributed by atoms with E-state index in [0.29, 0.717) is 29.2 Å². The summed E-state index contributed by atoms with van der Waals surface area (Å²) in [6.45, 7) is -0.345. The number of amides is 1. The van der Waals surface area contributed by atoms with Crippen LogP contribution in [0.15, 0.2) is 66.9 Å². The van der Waals surface area contributed by atoms with Gasteiger partial charge in [-0.15, -0.1) is 0 Å². The summed E-state index contributed by atoms with van der Waals surface area (Å²) >= 11 is 0. The number of carbonyl (C=O) groups is 1. The highest BCUT2D eigenvalue weighted by Gasteiger charge is 2.19. The molecule has 0 aliphatic carbocycles. The fraction of sp³-hybridized carbons (Fsp3) is 0.233. The molecule has 1 amide bonds. The summed E-state index contributed by atoms with van der Waals surface area (Å²) in [6.07, 6.45) is 5.72. The fourth-order valence-corrected chi connectivity index (χ4v) is 4.48. The van der Waals surface area contributed by atoms with Crippen molar-refractivity contribution in [1.29, 1.82) is 0 Å². The lowest BCUT2D eigenvalue weighted by molar-refractivity contribution is 0.0916. The zero-order valence-corrected chi connectivity index (χ0v) is 21.7. The molecule has 0 saturated carbocycles. The lowest BCUT2D eigenvalue weighted by Crippen LogP contribution is -2.39. The van der Waals surface area contributed by atoms with Crippen molar-refractivity contribution in [1.82, 2.24) is 10.3 Å². The maximum atomic E-state index is 13.4. The van der Waals surface area contributed by atoms with E-state index < -0.39 is 6.04 Å². The van der Waals surface area contributed by atoms with Gasteiger partial charge in [-0.1, -0.05) is 30.4 Å². The van der Waals surface area contributed by atoms with Crippen molar-refractivity contribution in [3.8, 4) is 28.4 Å². The van der Waals surface area contributed by atoms with E-state index in [1.807, 2.05) is 48.7 Å². The Hall–Kier alpha value is -4.27. The van der Waals surface area contributed by atoms with Crippen LogP contribution >= 0.6 is 0 Å². The third kappa shape index (κ3) is 5.82. The van der Waals surface area contributed by atoms with Crippen LogP contribution in [-0.2, 0) is 6.42 Å². The summed E-state index contributed by atoms with van der Waals surface area (Å²) < 4.78 is 16.4. The third-order valence-electron chi connectivity index (χ3n) is 6.33. The minimum Gasteiger partial charge on any atom is -0.493 e. The molecule has 0 aliphatic heterocycles. The molecule has 0 saturated heterocycles. The van der Waals surface area contributed by atoms with Gasteiger partial charge in [0.1, 0.15) is 0 Å². The van der Waals surface area contributed by atoms with Crippen LogP contribution in [0.4, 0.5) is 0 Å². The summed E-state index contributed by atoms with van der Waals surface area (Å²) in [5, 5.41) is 23.4. The van der Waals surface area contributed by atoms with Crippen molar-refractivity contribution < 1.29 is 29.2 Å². The first-order chi connectivity index (χ1) is 18.5. The van der Waals surface area contributed by atoms with Crippen LogP contribution in [0.3, 0.4) is 0 Å². The Morgan fingerprint density at radius 3 is 2.34 bits per heavy atom. The van der Waals surface area contributed by atoms with E-state index in [0.717, 1.165) is 33.2 Å². The van der Waals surface area contributed by atoms with Gasteiger partial charge in [0.05, 0.1) is 40.6 Å². The Bertz CT molecular complexity index is 1420. The van der Waals surface area contributed by atoms with Gasteiger partial charge in [-0.05, 0) is 65.1 Å². The molecule has 0 spiro atoms. The molecule has 8 nitrogen and oxygen atoms in total. The number of aliphatic hydroxyl groups is 2. The van der Waals surface area contributed by atoms with Gasteiger partial charge in [0, 0.05) is 22.7 Å². The SMILES string of the molecule is COc1cc(-c2cc(/C=C\CO)cc(C(=O)N[C@@H](CO)Cc3c[nH]c4ccccc34)c2)cc(OC)c1OC. The van der Waals surface area contributed by atoms with Crippen LogP contribution in [-0.4, -0.2) is 61.7 Å². The van der Waals surface area contributed by atoms with Gasteiger partial charge in [0.15, 0.2) is 11.5 Å². The summed E-state index contributed by atoms with van der Waals surface area (Å²) in [5.74, 6) is 1.12. The normalized spacial score (nSPS) is 12.0. The highest BCUT2D eigenvalue weighted by Crippen LogP contribution is 2.41. The number of aromatic nitrogens is 1. The number of carbonyl (C=O) groups excluding carboxylic acids is 1.